The van der Waals surface area contributed by atoms with Crippen LogP contribution in [0, 0.1) is 5.92 Å². The number of ether oxygens (including phenoxy) is 1. The third-order valence-electron chi connectivity index (χ3n) is 2.50. The van der Waals surface area contributed by atoms with Gasteiger partial charge < -0.3 is 9.64 Å². The average molecular weight is 225 g/mol. The number of hydrogen-bond donors (Lipinski definition) is 0. The Balaban J connectivity index is 2.52. The number of hydrogen-bond acceptors (Lipinski definition) is 2. The lowest BCUT2D eigenvalue weighted by molar-refractivity contribution is -0.188. The number of piperidine rings is 1. The Morgan fingerprint density at radius 2 is 2.20 bits per heavy atom. The van der Waals surface area contributed by atoms with Gasteiger partial charge in [-0.1, -0.05) is 0 Å². The van der Waals surface area contributed by atoms with Gasteiger partial charge in [0.2, 0.25) is 5.91 Å². The number of rotatable bonds is 2. The van der Waals surface area contributed by atoms with Crippen LogP contribution in [0.5, 0.6) is 0 Å². The fourth-order valence-electron chi connectivity index (χ4n) is 1.69. The van der Waals surface area contributed by atoms with Gasteiger partial charge in [0.1, 0.15) is 6.61 Å². The zero-order valence-electron chi connectivity index (χ0n) is 8.51. The second kappa shape index (κ2) is 4.83. The molecule has 1 atom stereocenters. The largest absolute Gasteiger partial charge is 0.393 e. The molecular formula is C9H14F3NO2. The molecule has 1 aliphatic heterocycles. The van der Waals surface area contributed by atoms with Crippen LogP contribution in [0.3, 0.4) is 0 Å². The van der Waals surface area contributed by atoms with Crippen molar-refractivity contribution in [2.45, 2.75) is 19.0 Å². The van der Waals surface area contributed by atoms with E-state index in [0.29, 0.717) is 13.0 Å². The van der Waals surface area contributed by atoms with E-state index >= 15 is 0 Å². The SMILES string of the molecule is COCC(=O)N1CCC[C@@H](C(F)(F)F)C1. The summed E-state index contributed by atoms with van der Waals surface area (Å²) >= 11 is 0. The van der Waals surface area contributed by atoms with Crippen molar-refractivity contribution in [3.05, 3.63) is 0 Å². The van der Waals surface area contributed by atoms with Crippen LogP contribution in [0.2, 0.25) is 0 Å². The average Bonchev–Trinajstić information content (AvgIpc) is 2.17. The zero-order valence-corrected chi connectivity index (χ0v) is 8.51. The first-order valence-electron chi connectivity index (χ1n) is 4.78. The smallest absolute Gasteiger partial charge is 0.375 e. The summed E-state index contributed by atoms with van der Waals surface area (Å²) < 4.78 is 41.8. The normalized spacial score (nSPS) is 22.9. The minimum Gasteiger partial charge on any atom is -0.375 e. The predicted octanol–water partition coefficient (Wildman–Crippen LogP) is 1.43. The van der Waals surface area contributed by atoms with Gasteiger partial charge in [-0.05, 0) is 12.8 Å². The van der Waals surface area contributed by atoms with Gasteiger partial charge in [-0.2, -0.15) is 13.2 Å². The summed E-state index contributed by atoms with van der Waals surface area (Å²) in [4.78, 5) is 12.5. The number of carbonyl (C=O) groups excluding carboxylic acids is 1. The molecule has 0 aromatic carbocycles. The maximum Gasteiger partial charge on any atom is 0.393 e. The van der Waals surface area contributed by atoms with E-state index in [9.17, 15) is 18.0 Å². The first-order valence-corrected chi connectivity index (χ1v) is 4.78. The van der Waals surface area contributed by atoms with Crippen molar-refractivity contribution in [3.63, 3.8) is 0 Å². The van der Waals surface area contributed by atoms with E-state index in [1.807, 2.05) is 0 Å². The van der Waals surface area contributed by atoms with Crippen LogP contribution in [-0.4, -0.2) is 43.8 Å². The van der Waals surface area contributed by atoms with Crippen molar-refractivity contribution in [2.75, 3.05) is 26.8 Å². The summed E-state index contributed by atoms with van der Waals surface area (Å²) in [6.45, 7) is 0.0189. The monoisotopic (exact) mass is 225 g/mol. The first kappa shape index (κ1) is 12.3. The standard InChI is InChI=1S/C9H14F3NO2/c1-15-6-8(14)13-4-2-3-7(5-13)9(10,11)12/h7H,2-6H2,1H3/t7-/m1/s1. The van der Waals surface area contributed by atoms with Gasteiger partial charge in [-0.3, -0.25) is 4.79 Å². The Hall–Kier alpha value is -0.780. The number of amides is 1. The van der Waals surface area contributed by atoms with Crippen LogP contribution in [0.4, 0.5) is 13.2 Å². The lowest BCUT2D eigenvalue weighted by Crippen LogP contribution is -2.45. The molecule has 1 fully saturated rings. The van der Waals surface area contributed by atoms with Gasteiger partial charge in [-0.25, -0.2) is 0 Å². The molecule has 1 heterocycles. The number of carbonyl (C=O) groups is 1. The van der Waals surface area contributed by atoms with Crippen molar-refractivity contribution in [1.29, 1.82) is 0 Å². The highest BCUT2D eigenvalue weighted by Crippen LogP contribution is 2.32. The van der Waals surface area contributed by atoms with Crippen molar-refractivity contribution in [1.82, 2.24) is 4.90 Å². The molecule has 0 aromatic rings. The van der Waals surface area contributed by atoms with E-state index in [2.05, 4.69) is 4.74 Å². The van der Waals surface area contributed by atoms with Crippen molar-refractivity contribution >= 4 is 5.91 Å². The van der Waals surface area contributed by atoms with E-state index in [4.69, 9.17) is 0 Å². The zero-order chi connectivity index (χ0) is 11.5. The lowest BCUT2D eigenvalue weighted by atomic mass is 9.97. The molecule has 88 valence electrons. The molecular weight excluding hydrogens is 211 g/mol. The van der Waals surface area contributed by atoms with Crippen LogP contribution < -0.4 is 0 Å². The van der Waals surface area contributed by atoms with Crippen LogP contribution >= 0.6 is 0 Å². The number of methoxy groups -OCH3 is 1. The van der Waals surface area contributed by atoms with Gasteiger partial charge in [-0.15, -0.1) is 0 Å². The van der Waals surface area contributed by atoms with Crippen molar-refractivity contribution in [3.8, 4) is 0 Å². The molecule has 0 bridgehead atoms. The summed E-state index contributed by atoms with van der Waals surface area (Å²) in [6, 6.07) is 0. The molecule has 1 saturated heterocycles. The number of alkyl halides is 3. The maximum absolute atomic E-state index is 12.4. The van der Waals surface area contributed by atoms with Crippen LogP contribution in [-0.2, 0) is 9.53 Å². The third kappa shape index (κ3) is 3.37. The second-order valence-electron chi connectivity index (χ2n) is 3.65. The number of nitrogens with zero attached hydrogens (tertiary/aromatic N) is 1. The molecule has 1 amide bonds. The Morgan fingerprint density at radius 3 is 2.73 bits per heavy atom. The molecule has 6 heteroatoms. The number of halogens is 3. The fourth-order valence-corrected chi connectivity index (χ4v) is 1.69. The molecule has 15 heavy (non-hydrogen) atoms. The minimum absolute atomic E-state index is 0.111. The van der Waals surface area contributed by atoms with E-state index in [1.165, 1.54) is 12.0 Å². The molecule has 3 nitrogen and oxygen atoms in total. The number of likely N-dealkylation sites (tertiary alicyclic amines) is 1. The quantitative estimate of drug-likeness (QED) is 0.711. The molecule has 1 rings (SSSR count). The highest BCUT2D eigenvalue weighted by molar-refractivity contribution is 5.77. The molecule has 1 aliphatic rings. The summed E-state index contributed by atoms with van der Waals surface area (Å²) in [5.74, 6) is -1.75. The van der Waals surface area contributed by atoms with E-state index < -0.39 is 12.1 Å². The topological polar surface area (TPSA) is 29.5 Å². The molecule has 0 radical (unpaired) electrons. The second-order valence-corrected chi connectivity index (χ2v) is 3.65. The Labute approximate surface area is 86.2 Å². The highest BCUT2D eigenvalue weighted by atomic mass is 19.4. The molecule has 0 spiro atoms. The molecule has 0 aromatic heterocycles. The third-order valence-corrected chi connectivity index (χ3v) is 2.50. The van der Waals surface area contributed by atoms with Gasteiger partial charge in [0.25, 0.3) is 0 Å². The summed E-state index contributed by atoms with van der Waals surface area (Å²) in [7, 11) is 1.35. The van der Waals surface area contributed by atoms with Crippen LogP contribution in [0.1, 0.15) is 12.8 Å². The van der Waals surface area contributed by atoms with Gasteiger partial charge in [0.05, 0.1) is 5.92 Å². The minimum atomic E-state index is -4.20. The maximum atomic E-state index is 12.4. The predicted molar refractivity (Wildman–Crippen MR) is 47.2 cm³/mol. The lowest BCUT2D eigenvalue weighted by Gasteiger charge is -2.33. The van der Waals surface area contributed by atoms with Crippen LogP contribution in [0.25, 0.3) is 0 Å². The molecule has 0 N–H and O–H groups in total. The van der Waals surface area contributed by atoms with Gasteiger partial charge >= 0.3 is 6.18 Å². The highest BCUT2D eigenvalue weighted by Gasteiger charge is 2.42. The Morgan fingerprint density at radius 1 is 1.53 bits per heavy atom. The Kier molecular flexibility index (Phi) is 3.96. The molecule has 0 saturated carbocycles. The van der Waals surface area contributed by atoms with E-state index in [-0.39, 0.29) is 25.5 Å². The summed E-state index contributed by atoms with van der Waals surface area (Å²) in [5.41, 5.74) is 0. The van der Waals surface area contributed by atoms with E-state index in [1.54, 1.807) is 0 Å². The van der Waals surface area contributed by atoms with Gasteiger partial charge in [0.15, 0.2) is 0 Å². The van der Waals surface area contributed by atoms with E-state index in [0.717, 1.165) is 0 Å². The summed E-state index contributed by atoms with van der Waals surface area (Å²) in [5, 5.41) is 0. The fraction of sp³-hybridized carbons (Fsp3) is 0.889. The van der Waals surface area contributed by atoms with Crippen molar-refractivity contribution < 1.29 is 22.7 Å². The molecule has 0 unspecified atom stereocenters. The van der Waals surface area contributed by atoms with Crippen LogP contribution in [0.15, 0.2) is 0 Å². The molecule has 0 aliphatic carbocycles. The first-order chi connectivity index (χ1) is 6.95. The van der Waals surface area contributed by atoms with Gasteiger partial charge in [0, 0.05) is 20.2 Å². The van der Waals surface area contributed by atoms with Crippen molar-refractivity contribution in [2.24, 2.45) is 5.92 Å². The summed E-state index contributed by atoms with van der Waals surface area (Å²) in [6.07, 6.45) is -3.69. The Bertz CT molecular complexity index is 230.